The van der Waals surface area contributed by atoms with Gasteiger partial charge in [0.1, 0.15) is 0 Å². The van der Waals surface area contributed by atoms with Crippen molar-refractivity contribution in [3.05, 3.63) is 18.0 Å². The van der Waals surface area contributed by atoms with Crippen molar-refractivity contribution in [2.24, 2.45) is 11.7 Å². The Kier molecular flexibility index (Phi) is 6.12. The van der Waals surface area contributed by atoms with Gasteiger partial charge in [-0.1, -0.05) is 0 Å². The first-order valence-electron chi connectivity index (χ1n) is 6.62. The molecule has 2 heterocycles. The molecule has 1 saturated heterocycles. The van der Waals surface area contributed by atoms with Crippen molar-refractivity contribution >= 4 is 12.4 Å². The van der Waals surface area contributed by atoms with E-state index in [0.29, 0.717) is 6.04 Å². The highest BCUT2D eigenvalue weighted by Gasteiger charge is 2.21. The molecule has 18 heavy (non-hydrogen) atoms. The summed E-state index contributed by atoms with van der Waals surface area (Å²) >= 11 is 0. The highest BCUT2D eigenvalue weighted by molar-refractivity contribution is 5.85. The van der Waals surface area contributed by atoms with Crippen molar-refractivity contribution in [2.75, 3.05) is 19.6 Å². The van der Waals surface area contributed by atoms with Gasteiger partial charge in [0.2, 0.25) is 0 Å². The maximum atomic E-state index is 5.95. The Labute approximate surface area is 116 Å². The monoisotopic (exact) mass is 272 g/mol. The van der Waals surface area contributed by atoms with Gasteiger partial charge in [-0.3, -0.25) is 4.68 Å². The van der Waals surface area contributed by atoms with E-state index in [4.69, 9.17) is 5.73 Å². The molecule has 1 aromatic heterocycles. The first-order chi connectivity index (χ1) is 8.15. The number of halogens is 1. The molecule has 1 atom stereocenters. The Morgan fingerprint density at radius 2 is 2.06 bits per heavy atom. The van der Waals surface area contributed by atoms with Crippen LogP contribution in [0.1, 0.15) is 25.3 Å². The Hall–Kier alpha value is -0.580. The minimum atomic E-state index is 0. The first-order valence-corrected chi connectivity index (χ1v) is 6.62. The number of aromatic nitrogens is 2. The first kappa shape index (κ1) is 15.5. The molecule has 4 nitrogen and oxygen atoms in total. The number of aryl methyl sites for hydroxylation is 1. The zero-order valence-corrected chi connectivity index (χ0v) is 12.2. The minimum absolute atomic E-state index is 0. The molecule has 0 radical (unpaired) electrons. The summed E-state index contributed by atoms with van der Waals surface area (Å²) in [6, 6.07) is 0.353. The van der Waals surface area contributed by atoms with E-state index in [1.54, 1.807) is 0 Å². The van der Waals surface area contributed by atoms with E-state index in [1.807, 2.05) is 10.9 Å². The van der Waals surface area contributed by atoms with Crippen LogP contribution in [-0.2, 0) is 6.54 Å². The topological polar surface area (TPSA) is 47.1 Å². The van der Waals surface area contributed by atoms with Gasteiger partial charge in [0.05, 0.1) is 12.7 Å². The van der Waals surface area contributed by atoms with Crippen LogP contribution in [0.15, 0.2) is 12.4 Å². The van der Waals surface area contributed by atoms with Gasteiger partial charge in [-0.2, -0.15) is 5.10 Å². The van der Waals surface area contributed by atoms with Crippen LogP contribution in [0.3, 0.4) is 0 Å². The minimum Gasteiger partial charge on any atom is -0.328 e. The molecule has 2 rings (SSSR count). The molecular formula is C13H25ClN4. The summed E-state index contributed by atoms with van der Waals surface area (Å²) in [5.74, 6) is 0.721. The third-order valence-electron chi connectivity index (χ3n) is 3.78. The molecule has 1 aromatic rings. The molecule has 104 valence electrons. The maximum Gasteiger partial charge on any atom is 0.0536 e. The second kappa shape index (κ2) is 7.12. The number of hydrogen-bond acceptors (Lipinski definition) is 3. The summed E-state index contributed by atoms with van der Waals surface area (Å²) in [7, 11) is 0. The Morgan fingerprint density at radius 1 is 1.39 bits per heavy atom. The van der Waals surface area contributed by atoms with E-state index in [1.165, 1.54) is 31.5 Å². The number of rotatable bonds is 4. The van der Waals surface area contributed by atoms with Crippen LogP contribution < -0.4 is 5.73 Å². The number of piperidine rings is 1. The third-order valence-corrected chi connectivity index (χ3v) is 3.78. The lowest BCUT2D eigenvalue weighted by Crippen LogP contribution is -2.40. The smallest absolute Gasteiger partial charge is 0.0536 e. The largest absolute Gasteiger partial charge is 0.328 e. The predicted octanol–water partition coefficient (Wildman–Crippen LogP) is 1.67. The van der Waals surface area contributed by atoms with Crippen LogP contribution in [-0.4, -0.2) is 40.4 Å². The van der Waals surface area contributed by atoms with Gasteiger partial charge in [0.15, 0.2) is 0 Å². The highest BCUT2D eigenvalue weighted by Crippen LogP contribution is 2.19. The number of likely N-dealkylation sites (tertiary alicyclic amines) is 1. The Morgan fingerprint density at radius 3 is 2.56 bits per heavy atom. The van der Waals surface area contributed by atoms with Gasteiger partial charge in [0.25, 0.3) is 0 Å². The molecule has 1 unspecified atom stereocenters. The average molecular weight is 273 g/mol. The summed E-state index contributed by atoms with van der Waals surface area (Å²) in [6.07, 6.45) is 6.52. The molecule has 2 N–H and O–H groups in total. The van der Waals surface area contributed by atoms with Crippen LogP contribution in [0, 0.1) is 12.8 Å². The van der Waals surface area contributed by atoms with E-state index in [2.05, 4.69) is 30.0 Å². The maximum absolute atomic E-state index is 5.95. The number of nitrogens with zero attached hydrogens (tertiary/aromatic N) is 3. The van der Waals surface area contributed by atoms with Crippen LogP contribution in [0.5, 0.6) is 0 Å². The fourth-order valence-corrected chi connectivity index (χ4v) is 2.54. The average Bonchev–Trinajstić information content (AvgIpc) is 2.73. The zero-order chi connectivity index (χ0) is 12.3. The lowest BCUT2D eigenvalue weighted by atomic mass is 9.91. The fourth-order valence-electron chi connectivity index (χ4n) is 2.54. The van der Waals surface area contributed by atoms with Crippen LogP contribution in [0.2, 0.25) is 0 Å². The predicted molar refractivity (Wildman–Crippen MR) is 77.0 cm³/mol. The van der Waals surface area contributed by atoms with E-state index in [9.17, 15) is 0 Å². The lowest BCUT2D eigenvalue weighted by Gasteiger charge is -2.33. The summed E-state index contributed by atoms with van der Waals surface area (Å²) in [4.78, 5) is 2.52. The second-order valence-electron chi connectivity index (χ2n) is 5.32. The molecule has 0 saturated carbocycles. The van der Waals surface area contributed by atoms with Crippen molar-refractivity contribution in [2.45, 2.75) is 39.3 Å². The van der Waals surface area contributed by atoms with Crippen LogP contribution >= 0.6 is 12.4 Å². The van der Waals surface area contributed by atoms with Crippen molar-refractivity contribution in [3.63, 3.8) is 0 Å². The zero-order valence-electron chi connectivity index (χ0n) is 11.4. The highest BCUT2D eigenvalue weighted by atomic mass is 35.5. The summed E-state index contributed by atoms with van der Waals surface area (Å²) in [6.45, 7) is 8.69. The molecule has 0 amide bonds. The van der Waals surface area contributed by atoms with Gasteiger partial charge in [-0.05, 0) is 51.3 Å². The normalized spacial score (nSPS) is 19.5. The number of hydrogen-bond donors (Lipinski definition) is 1. The molecule has 0 aromatic carbocycles. The molecule has 0 aliphatic carbocycles. The van der Waals surface area contributed by atoms with Crippen molar-refractivity contribution in [1.82, 2.24) is 14.7 Å². The lowest BCUT2D eigenvalue weighted by molar-refractivity contribution is 0.166. The van der Waals surface area contributed by atoms with Crippen molar-refractivity contribution < 1.29 is 0 Å². The van der Waals surface area contributed by atoms with Gasteiger partial charge < -0.3 is 10.6 Å². The number of nitrogens with two attached hydrogens (primary N) is 1. The third kappa shape index (κ3) is 4.26. The van der Waals surface area contributed by atoms with E-state index >= 15 is 0 Å². The SMILES string of the molecule is Cc1cnn(CCN2CCC(C(C)N)CC2)c1.Cl. The quantitative estimate of drug-likeness (QED) is 0.907. The second-order valence-corrected chi connectivity index (χ2v) is 5.32. The standard InChI is InChI=1S/C13H24N4.ClH/c1-11-9-15-17(10-11)8-7-16-5-3-13(4-6-16)12(2)14;/h9-10,12-13H,3-8,14H2,1-2H3;1H. The molecule has 0 spiro atoms. The summed E-state index contributed by atoms with van der Waals surface area (Å²) in [5.41, 5.74) is 7.18. The van der Waals surface area contributed by atoms with Gasteiger partial charge in [-0.15, -0.1) is 12.4 Å². The van der Waals surface area contributed by atoms with E-state index in [-0.39, 0.29) is 12.4 Å². The Bertz CT molecular complexity index is 343. The fraction of sp³-hybridized carbons (Fsp3) is 0.769. The Balaban J connectivity index is 0.00000162. The molecule has 1 fully saturated rings. The van der Waals surface area contributed by atoms with Crippen molar-refractivity contribution in [3.8, 4) is 0 Å². The molecule has 1 aliphatic rings. The molecule has 5 heteroatoms. The molecule has 1 aliphatic heterocycles. The van der Waals surface area contributed by atoms with Crippen LogP contribution in [0.4, 0.5) is 0 Å². The van der Waals surface area contributed by atoms with E-state index in [0.717, 1.165) is 19.0 Å². The van der Waals surface area contributed by atoms with Crippen LogP contribution in [0.25, 0.3) is 0 Å². The summed E-state index contributed by atoms with van der Waals surface area (Å²) in [5, 5.41) is 4.31. The van der Waals surface area contributed by atoms with Gasteiger partial charge in [0, 0.05) is 18.8 Å². The van der Waals surface area contributed by atoms with E-state index < -0.39 is 0 Å². The van der Waals surface area contributed by atoms with Crippen molar-refractivity contribution in [1.29, 1.82) is 0 Å². The van der Waals surface area contributed by atoms with Gasteiger partial charge >= 0.3 is 0 Å². The van der Waals surface area contributed by atoms with Gasteiger partial charge in [-0.25, -0.2) is 0 Å². The molecular weight excluding hydrogens is 248 g/mol. The summed E-state index contributed by atoms with van der Waals surface area (Å²) < 4.78 is 2.03. The molecule has 0 bridgehead atoms.